The summed E-state index contributed by atoms with van der Waals surface area (Å²) in [6, 6.07) is 8.12. The van der Waals surface area contributed by atoms with E-state index in [0.717, 1.165) is 23.3 Å². The number of aryl methyl sites for hydroxylation is 1. The zero-order valence-electron chi connectivity index (χ0n) is 22.1. The Hall–Kier alpha value is -4.06. The number of aromatic nitrogens is 1. The first kappa shape index (κ1) is 30.2. The minimum Gasteiger partial charge on any atom is -0.382 e. The molecule has 2 atom stereocenters. The van der Waals surface area contributed by atoms with Gasteiger partial charge in [0.1, 0.15) is 17.8 Å². The van der Waals surface area contributed by atoms with E-state index in [1.807, 2.05) is 13.0 Å². The van der Waals surface area contributed by atoms with Gasteiger partial charge in [0.15, 0.2) is 5.69 Å². The standard InChI is InChI=1S/C26H35N5O7/c1-5-6-10-13-31(26(36)24(34)27-15-19-11-8-7-9-12-19)25(35)21(16-37-4)29-22(32)18(3)28-23(33)20-14-17(2)38-30-20/h7-9,11-12,14,18,21H,5-6,10,13,15-16H2,1-4H3,(H,27,34)(H,28,33)(H,29,32)/t18-,21-/m0/s1. The average Bonchev–Trinajstić information content (AvgIpc) is 3.35. The summed E-state index contributed by atoms with van der Waals surface area (Å²) in [6.07, 6.45) is 2.04. The highest BCUT2D eigenvalue weighted by atomic mass is 16.5. The Balaban J connectivity index is 2.09. The number of carbonyl (C=O) groups excluding carboxylic acids is 5. The minimum atomic E-state index is -1.27. The van der Waals surface area contributed by atoms with Crippen LogP contribution in [0.2, 0.25) is 0 Å². The third-order valence-electron chi connectivity index (χ3n) is 5.54. The van der Waals surface area contributed by atoms with Crippen LogP contribution in [0.25, 0.3) is 0 Å². The van der Waals surface area contributed by atoms with Crippen LogP contribution in [0.3, 0.4) is 0 Å². The number of imide groups is 1. The van der Waals surface area contributed by atoms with Crippen LogP contribution in [-0.2, 0) is 30.5 Å². The molecule has 0 unspecified atom stereocenters. The highest BCUT2D eigenvalue weighted by molar-refractivity contribution is 6.37. The van der Waals surface area contributed by atoms with E-state index >= 15 is 0 Å². The van der Waals surface area contributed by atoms with Crippen LogP contribution < -0.4 is 16.0 Å². The number of carbonyl (C=O) groups is 5. The molecule has 2 aromatic rings. The maximum absolute atomic E-state index is 13.4. The first-order valence-electron chi connectivity index (χ1n) is 12.4. The van der Waals surface area contributed by atoms with Gasteiger partial charge in [0, 0.05) is 26.3 Å². The summed E-state index contributed by atoms with van der Waals surface area (Å²) in [6.45, 7) is 4.87. The number of nitrogens with one attached hydrogen (secondary N) is 3. The van der Waals surface area contributed by atoms with Crippen molar-refractivity contribution in [1.82, 2.24) is 26.0 Å². The molecule has 1 aromatic heterocycles. The second-order valence-electron chi connectivity index (χ2n) is 8.70. The van der Waals surface area contributed by atoms with E-state index < -0.39 is 41.6 Å². The molecule has 0 bridgehead atoms. The Kier molecular flexibility index (Phi) is 12.1. The summed E-state index contributed by atoms with van der Waals surface area (Å²) in [5.74, 6) is -3.65. The highest BCUT2D eigenvalue weighted by Gasteiger charge is 2.34. The molecule has 0 saturated carbocycles. The Morgan fingerprint density at radius 3 is 2.39 bits per heavy atom. The van der Waals surface area contributed by atoms with Crippen molar-refractivity contribution in [1.29, 1.82) is 0 Å². The Morgan fingerprint density at radius 1 is 1.08 bits per heavy atom. The predicted molar refractivity (Wildman–Crippen MR) is 137 cm³/mol. The van der Waals surface area contributed by atoms with Crippen molar-refractivity contribution < 1.29 is 33.2 Å². The number of nitrogens with zero attached hydrogens (tertiary/aromatic N) is 2. The molecular weight excluding hydrogens is 494 g/mol. The van der Waals surface area contributed by atoms with Gasteiger partial charge in [-0.15, -0.1) is 0 Å². The van der Waals surface area contributed by atoms with E-state index in [1.54, 1.807) is 31.2 Å². The SMILES string of the molecule is CCCCCN(C(=O)C(=O)NCc1ccccc1)C(=O)[C@H](COC)NC(=O)[C@H](C)NC(=O)c1cc(C)on1. The minimum absolute atomic E-state index is 0.000814. The van der Waals surface area contributed by atoms with Crippen LogP contribution in [-0.4, -0.2) is 71.9 Å². The Bertz CT molecular complexity index is 1100. The van der Waals surface area contributed by atoms with Crippen molar-refractivity contribution >= 4 is 29.5 Å². The van der Waals surface area contributed by atoms with Crippen LogP contribution in [0, 0.1) is 6.92 Å². The predicted octanol–water partition coefficient (Wildman–Crippen LogP) is 1.09. The summed E-state index contributed by atoms with van der Waals surface area (Å²) >= 11 is 0. The van der Waals surface area contributed by atoms with Gasteiger partial charge in [0.2, 0.25) is 5.91 Å². The van der Waals surface area contributed by atoms with E-state index in [9.17, 15) is 24.0 Å². The first-order chi connectivity index (χ1) is 18.2. The molecule has 0 aliphatic heterocycles. The Morgan fingerprint density at radius 2 is 1.79 bits per heavy atom. The number of hydrogen-bond donors (Lipinski definition) is 3. The maximum atomic E-state index is 13.4. The number of rotatable bonds is 13. The Labute approximate surface area is 221 Å². The second kappa shape index (κ2) is 15.3. The second-order valence-corrected chi connectivity index (χ2v) is 8.70. The molecule has 0 radical (unpaired) electrons. The van der Waals surface area contributed by atoms with Gasteiger partial charge in [0.25, 0.3) is 11.8 Å². The zero-order chi connectivity index (χ0) is 28.1. The molecule has 0 fully saturated rings. The van der Waals surface area contributed by atoms with Crippen molar-refractivity contribution in [3.8, 4) is 0 Å². The lowest BCUT2D eigenvalue weighted by atomic mass is 10.2. The summed E-state index contributed by atoms with van der Waals surface area (Å²) < 4.78 is 9.96. The first-order valence-corrected chi connectivity index (χ1v) is 12.4. The molecule has 38 heavy (non-hydrogen) atoms. The number of benzene rings is 1. The van der Waals surface area contributed by atoms with Crippen LogP contribution in [0.5, 0.6) is 0 Å². The van der Waals surface area contributed by atoms with Crippen molar-refractivity contribution in [2.24, 2.45) is 0 Å². The summed E-state index contributed by atoms with van der Waals surface area (Å²) in [4.78, 5) is 64.9. The lowest BCUT2D eigenvalue weighted by molar-refractivity contribution is -0.154. The fraction of sp³-hybridized carbons (Fsp3) is 0.462. The quantitative estimate of drug-likeness (QED) is 0.257. The van der Waals surface area contributed by atoms with Crippen molar-refractivity contribution in [3.05, 3.63) is 53.4 Å². The highest BCUT2D eigenvalue weighted by Crippen LogP contribution is 2.06. The zero-order valence-corrected chi connectivity index (χ0v) is 22.1. The molecule has 3 N–H and O–H groups in total. The van der Waals surface area contributed by atoms with E-state index in [0.29, 0.717) is 12.2 Å². The number of unbranched alkanes of at least 4 members (excludes halogenated alkanes) is 2. The molecule has 0 spiro atoms. The van der Waals surface area contributed by atoms with Gasteiger partial charge in [-0.3, -0.25) is 28.9 Å². The van der Waals surface area contributed by atoms with Crippen LogP contribution in [0.1, 0.15) is 54.9 Å². The molecule has 12 nitrogen and oxygen atoms in total. The van der Waals surface area contributed by atoms with Crippen molar-refractivity contribution in [2.45, 2.75) is 58.7 Å². The molecule has 5 amide bonds. The third-order valence-corrected chi connectivity index (χ3v) is 5.54. The molecule has 0 saturated heterocycles. The number of amides is 5. The van der Waals surface area contributed by atoms with Crippen LogP contribution in [0.4, 0.5) is 0 Å². The van der Waals surface area contributed by atoms with Gasteiger partial charge in [0.05, 0.1) is 6.61 Å². The molecule has 2 rings (SSSR count). The summed E-state index contributed by atoms with van der Waals surface area (Å²) in [5.41, 5.74) is 0.791. The monoisotopic (exact) mass is 529 g/mol. The van der Waals surface area contributed by atoms with E-state index in [1.165, 1.54) is 20.1 Å². The molecular formula is C26H35N5O7. The maximum Gasteiger partial charge on any atom is 0.318 e. The van der Waals surface area contributed by atoms with Crippen molar-refractivity contribution in [2.75, 3.05) is 20.3 Å². The number of hydrogen-bond acceptors (Lipinski definition) is 8. The van der Waals surface area contributed by atoms with Crippen molar-refractivity contribution in [3.63, 3.8) is 0 Å². The van der Waals surface area contributed by atoms with Crippen LogP contribution in [0.15, 0.2) is 40.9 Å². The third kappa shape index (κ3) is 9.11. The van der Waals surface area contributed by atoms with Gasteiger partial charge < -0.3 is 25.2 Å². The fourth-order valence-corrected chi connectivity index (χ4v) is 3.44. The smallest absolute Gasteiger partial charge is 0.318 e. The van der Waals surface area contributed by atoms with Crippen LogP contribution >= 0.6 is 0 Å². The van der Waals surface area contributed by atoms with Gasteiger partial charge in [-0.1, -0.05) is 55.3 Å². The van der Waals surface area contributed by atoms with Gasteiger partial charge in [-0.05, 0) is 25.8 Å². The number of methoxy groups -OCH3 is 1. The van der Waals surface area contributed by atoms with E-state index in [4.69, 9.17) is 9.26 Å². The summed E-state index contributed by atoms with van der Waals surface area (Å²) in [5, 5.41) is 11.1. The summed E-state index contributed by atoms with van der Waals surface area (Å²) in [7, 11) is 1.33. The molecule has 0 aliphatic rings. The normalized spacial score (nSPS) is 12.2. The average molecular weight is 530 g/mol. The number of ether oxygens (including phenoxy) is 1. The van der Waals surface area contributed by atoms with Gasteiger partial charge >= 0.3 is 11.8 Å². The molecule has 12 heteroatoms. The molecule has 0 aliphatic carbocycles. The van der Waals surface area contributed by atoms with Gasteiger partial charge in [-0.2, -0.15) is 0 Å². The van der Waals surface area contributed by atoms with E-state index in [2.05, 4.69) is 21.1 Å². The molecule has 206 valence electrons. The largest absolute Gasteiger partial charge is 0.382 e. The van der Waals surface area contributed by atoms with E-state index in [-0.39, 0.29) is 25.4 Å². The lowest BCUT2D eigenvalue weighted by Crippen LogP contribution is -2.57. The lowest BCUT2D eigenvalue weighted by Gasteiger charge is -2.26. The fourth-order valence-electron chi connectivity index (χ4n) is 3.44. The molecule has 1 heterocycles. The van der Waals surface area contributed by atoms with Gasteiger partial charge in [-0.25, -0.2) is 0 Å². The molecule has 1 aromatic carbocycles. The topological polar surface area (TPSA) is 160 Å².